The SMILES string of the molecule is CC=NO.CN=C(NC)N(C)C.c1ccncc1. The summed E-state index contributed by atoms with van der Waals surface area (Å²) in [6.07, 6.45) is 4.81. The van der Waals surface area contributed by atoms with Crippen LogP contribution in [0.15, 0.2) is 40.7 Å². The van der Waals surface area contributed by atoms with Gasteiger partial charge in [0.1, 0.15) is 0 Å². The van der Waals surface area contributed by atoms with Gasteiger partial charge in [0.05, 0.1) is 0 Å². The van der Waals surface area contributed by atoms with E-state index in [0.717, 1.165) is 5.96 Å². The number of aliphatic imine (C=N–C) groups is 1. The van der Waals surface area contributed by atoms with E-state index >= 15 is 0 Å². The van der Waals surface area contributed by atoms with Crippen molar-refractivity contribution in [3.05, 3.63) is 30.6 Å². The van der Waals surface area contributed by atoms with Crippen molar-refractivity contribution in [3.63, 3.8) is 0 Å². The highest BCUT2D eigenvalue weighted by molar-refractivity contribution is 5.78. The first-order chi connectivity index (χ1) is 8.63. The summed E-state index contributed by atoms with van der Waals surface area (Å²) >= 11 is 0. The van der Waals surface area contributed by atoms with Gasteiger partial charge in [0, 0.05) is 46.8 Å². The molecule has 2 N–H and O–H groups in total. The summed E-state index contributed by atoms with van der Waals surface area (Å²) in [7, 11) is 7.49. The van der Waals surface area contributed by atoms with Gasteiger partial charge < -0.3 is 15.4 Å². The molecule has 0 atom stereocenters. The quantitative estimate of drug-likeness (QED) is 0.316. The highest BCUT2D eigenvalue weighted by atomic mass is 16.4. The lowest BCUT2D eigenvalue weighted by Crippen LogP contribution is -2.33. The fourth-order valence-corrected chi connectivity index (χ4v) is 0.848. The lowest BCUT2D eigenvalue weighted by atomic mass is 10.5. The molecule has 0 aliphatic heterocycles. The van der Waals surface area contributed by atoms with E-state index in [9.17, 15) is 0 Å². The monoisotopic (exact) mass is 253 g/mol. The molecule has 0 aromatic carbocycles. The topological polar surface area (TPSA) is 73.1 Å². The number of nitrogens with zero attached hydrogens (tertiary/aromatic N) is 4. The van der Waals surface area contributed by atoms with E-state index in [0.29, 0.717) is 0 Å². The second kappa shape index (κ2) is 14.9. The smallest absolute Gasteiger partial charge is 0.192 e. The van der Waals surface area contributed by atoms with Crippen LogP contribution in [0.25, 0.3) is 0 Å². The van der Waals surface area contributed by atoms with E-state index in [1.54, 1.807) is 26.4 Å². The number of aromatic nitrogens is 1. The van der Waals surface area contributed by atoms with Crippen LogP contribution in [0.1, 0.15) is 6.92 Å². The molecule has 0 amide bonds. The van der Waals surface area contributed by atoms with Crippen molar-refractivity contribution in [2.24, 2.45) is 10.1 Å². The molecule has 0 spiro atoms. The fourth-order valence-electron chi connectivity index (χ4n) is 0.848. The number of nitrogens with one attached hydrogen (secondary N) is 1. The molecule has 0 bridgehead atoms. The average Bonchev–Trinajstić information content (AvgIpc) is 2.43. The number of rotatable bonds is 0. The Bertz CT molecular complexity index is 281. The van der Waals surface area contributed by atoms with Crippen molar-refractivity contribution in [2.45, 2.75) is 6.92 Å². The summed E-state index contributed by atoms with van der Waals surface area (Å²) in [6.45, 7) is 1.64. The van der Waals surface area contributed by atoms with Gasteiger partial charge in [-0.2, -0.15) is 0 Å². The van der Waals surface area contributed by atoms with Crippen molar-refractivity contribution < 1.29 is 5.21 Å². The van der Waals surface area contributed by atoms with Gasteiger partial charge in [-0.3, -0.25) is 9.98 Å². The molecule has 1 aromatic heterocycles. The molecule has 0 aliphatic rings. The first kappa shape index (κ1) is 18.3. The maximum atomic E-state index is 7.44. The molecule has 0 fully saturated rings. The first-order valence-electron chi connectivity index (χ1n) is 5.42. The van der Waals surface area contributed by atoms with Gasteiger partial charge in [-0.25, -0.2) is 0 Å². The summed E-state index contributed by atoms with van der Waals surface area (Å²) < 4.78 is 0. The first-order valence-corrected chi connectivity index (χ1v) is 5.42. The van der Waals surface area contributed by atoms with E-state index in [4.69, 9.17) is 5.21 Å². The van der Waals surface area contributed by atoms with Crippen LogP contribution in [-0.2, 0) is 0 Å². The summed E-state index contributed by atoms with van der Waals surface area (Å²) in [5.41, 5.74) is 0. The third-order valence-electron chi connectivity index (χ3n) is 1.54. The Hall–Kier alpha value is -2.11. The zero-order chi connectivity index (χ0) is 14.2. The predicted molar refractivity (Wildman–Crippen MR) is 76.3 cm³/mol. The van der Waals surface area contributed by atoms with Crippen LogP contribution in [0.3, 0.4) is 0 Å². The Morgan fingerprint density at radius 1 is 1.28 bits per heavy atom. The minimum atomic E-state index is 0.894. The van der Waals surface area contributed by atoms with Crippen molar-refractivity contribution >= 4 is 12.2 Å². The van der Waals surface area contributed by atoms with Crippen LogP contribution >= 0.6 is 0 Å². The maximum absolute atomic E-state index is 7.44. The van der Waals surface area contributed by atoms with Crippen molar-refractivity contribution in [1.82, 2.24) is 15.2 Å². The summed E-state index contributed by atoms with van der Waals surface area (Å²) in [5, 5.41) is 13.0. The highest BCUT2D eigenvalue weighted by Crippen LogP contribution is 1.74. The van der Waals surface area contributed by atoms with E-state index in [1.807, 2.05) is 44.2 Å². The highest BCUT2D eigenvalue weighted by Gasteiger charge is 1.91. The minimum Gasteiger partial charge on any atom is -0.411 e. The fraction of sp³-hybridized carbons (Fsp3) is 0.417. The van der Waals surface area contributed by atoms with Crippen LogP contribution in [0.4, 0.5) is 0 Å². The molecule has 18 heavy (non-hydrogen) atoms. The third-order valence-corrected chi connectivity index (χ3v) is 1.54. The van der Waals surface area contributed by atoms with Gasteiger partial charge in [0.2, 0.25) is 0 Å². The minimum absolute atomic E-state index is 0.894. The number of hydrogen-bond acceptors (Lipinski definition) is 4. The van der Waals surface area contributed by atoms with Crippen LogP contribution in [-0.4, -0.2) is 55.5 Å². The predicted octanol–water partition coefficient (Wildman–Crippen LogP) is 1.30. The average molecular weight is 253 g/mol. The van der Waals surface area contributed by atoms with E-state index in [2.05, 4.69) is 20.4 Å². The van der Waals surface area contributed by atoms with E-state index < -0.39 is 0 Å². The summed E-state index contributed by atoms with van der Waals surface area (Å²) in [4.78, 5) is 9.64. The largest absolute Gasteiger partial charge is 0.411 e. The van der Waals surface area contributed by atoms with Gasteiger partial charge in [-0.05, 0) is 19.1 Å². The molecule has 0 saturated heterocycles. The van der Waals surface area contributed by atoms with Crippen molar-refractivity contribution in [1.29, 1.82) is 0 Å². The van der Waals surface area contributed by atoms with Gasteiger partial charge in [-0.15, -0.1) is 5.16 Å². The second-order valence-corrected chi connectivity index (χ2v) is 3.09. The lowest BCUT2D eigenvalue weighted by Gasteiger charge is -2.12. The van der Waals surface area contributed by atoms with Gasteiger partial charge in [0.25, 0.3) is 0 Å². The molecule has 6 nitrogen and oxygen atoms in total. The molecule has 0 saturated carbocycles. The standard InChI is InChI=1S/C5H13N3.C5H5N.C2H5NO/c1-6-5(7-2)8(3)4;1-2-4-6-5-3-1;1-2-3-4/h1-4H3,(H,6,7);1-5H;2,4H,1H3. The van der Waals surface area contributed by atoms with Gasteiger partial charge >= 0.3 is 0 Å². The molecule has 0 unspecified atom stereocenters. The maximum Gasteiger partial charge on any atom is 0.192 e. The zero-order valence-electron chi connectivity index (χ0n) is 11.7. The Morgan fingerprint density at radius 3 is 1.83 bits per heavy atom. The molecule has 0 radical (unpaired) electrons. The van der Waals surface area contributed by atoms with Crippen LogP contribution in [0, 0.1) is 0 Å². The van der Waals surface area contributed by atoms with Crippen LogP contribution < -0.4 is 5.32 Å². The summed E-state index contributed by atoms with van der Waals surface area (Å²) in [6, 6.07) is 5.72. The van der Waals surface area contributed by atoms with Gasteiger partial charge in [-0.1, -0.05) is 6.07 Å². The molecule has 102 valence electrons. The Labute approximate surface area is 109 Å². The Morgan fingerprint density at radius 2 is 1.78 bits per heavy atom. The molecule has 6 heteroatoms. The van der Waals surface area contributed by atoms with E-state index in [-0.39, 0.29) is 0 Å². The van der Waals surface area contributed by atoms with Crippen LogP contribution in [0.2, 0.25) is 0 Å². The lowest BCUT2D eigenvalue weighted by molar-refractivity contribution is 0.321. The number of oxime groups is 1. The van der Waals surface area contributed by atoms with E-state index in [1.165, 1.54) is 6.21 Å². The second-order valence-electron chi connectivity index (χ2n) is 3.09. The number of pyridine rings is 1. The number of guanidine groups is 1. The van der Waals surface area contributed by atoms with Gasteiger partial charge in [0.15, 0.2) is 5.96 Å². The van der Waals surface area contributed by atoms with Crippen molar-refractivity contribution in [2.75, 3.05) is 28.2 Å². The molecule has 1 heterocycles. The normalized spacial score (nSPS) is 9.72. The molecule has 0 aliphatic carbocycles. The zero-order valence-corrected chi connectivity index (χ0v) is 11.7. The Balaban J connectivity index is 0. The molecular weight excluding hydrogens is 230 g/mol. The molecule has 1 rings (SSSR count). The molecular formula is C12H23N5O. The third kappa shape index (κ3) is 13.9. The van der Waals surface area contributed by atoms with Crippen LogP contribution in [0.5, 0.6) is 0 Å². The summed E-state index contributed by atoms with van der Waals surface area (Å²) in [5.74, 6) is 0.894. The Kier molecular flexibility index (Phi) is 15.1. The molecule has 1 aromatic rings. The number of hydrogen-bond donors (Lipinski definition) is 2. The van der Waals surface area contributed by atoms with Crippen molar-refractivity contribution in [3.8, 4) is 0 Å².